The van der Waals surface area contributed by atoms with E-state index in [4.69, 9.17) is 15.2 Å². The summed E-state index contributed by atoms with van der Waals surface area (Å²) in [5.74, 6) is -1.65. The summed E-state index contributed by atoms with van der Waals surface area (Å²) in [5, 5.41) is 3.73. The van der Waals surface area contributed by atoms with Crippen molar-refractivity contribution >= 4 is 68.9 Å². The molecule has 3 aromatic heterocycles. The second-order valence-electron chi connectivity index (χ2n) is 6.64. The smallest absolute Gasteiger partial charge is 0.357 e. The minimum atomic E-state index is -0.717. The molecular formula is C22H20N2O5S3. The van der Waals surface area contributed by atoms with Crippen molar-refractivity contribution in [3.05, 3.63) is 61.0 Å². The fourth-order valence-corrected chi connectivity index (χ4v) is 6.19. The molecule has 1 aliphatic rings. The first kappa shape index (κ1) is 22.4. The molecule has 0 saturated heterocycles. The zero-order valence-corrected chi connectivity index (χ0v) is 19.8. The Bertz CT molecular complexity index is 1290. The molecule has 1 unspecified atom stereocenters. The van der Waals surface area contributed by atoms with Crippen molar-refractivity contribution < 1.29 is 23.9 Å². The number of carbonyl (C=O) groups is 3. The molecule has 0 aliphatic carbocycles. The van der Waals surface area contributed by atoms with Gasteiger partial charge < -0.3 is 15.2 Å². The Labute approximate surface area is 196 Å². The van der Waals surface area contributed by atoms with E-state index in [0.29, 0.717) is 5.22 Å². The first-order chi connectivity index (χ1) is 15.5. The van der Waals surface area contributed by atoms with Crippen LogP contribution in [0, 0.1) is 0 Å². The van der Waals surface area contributed by atoms with Gasteiger partial charge in [0.1, 0.15) is 10.2 Å². The Morgan fingerprint density at radius 2 is 1.78 bits per heavy atom. The van der Waals surface area contributed by atoms with Gasteiger partial charge in [-0.1, -0.05) is 23.9 Å². The van der Waals surface area contributed by atoms with Gasteiger partial charge in [0.05, 0.1) is 24.3 Å². The zero-order chi connectivity index (χ0) is 22.8. The van der Waals surface area contributed by atoms with Crippen LogP contribution in [0.5, 0.6) is 0 Å². The van der Waals surface area contributed by atoms with E-state index < -0.39 is 17.2 Å². The number of ether oxygens (including phenoxy) is 2. The number of nitrogens with two attached hydrogens (primary N) is 1. The molecule has 166 valence electrons. The van der Waals surface area contributed by atoms with E-state index in [1.165, 1.54) is 27.2 Å². The predicted molar refractivity (Wildman–Crippen MR) is 127 cm³/mol. The molecule has 10 heteroatoms. The van der Waals surface area contributed by atoms with Crippen molar-refractivity contribution in [2.75, 3.05) is 18.9 Å². The molecule has 0 radical (unpaired) electrons. The van der Waals surface area contributed by atoms with Gasteiger partial charge in [0.2, 0.25) is 0 Å². The van der Waals surface area contributed by atoms with Gasteiger partial charge in [0, 0.05) is 15.0 Å². The molecule has 1 atom stereocenters. The number of hydrogen-bond acceptors (Lipinski definition) is 9. The number of rotatable bonds is 6. The first-order valence-corrected chi connectivity index (χ1v) is 12.5. The van der Waals surface area contributed by atoms with E-state index in [1.807, 2.05) is 35.0 Å². The average Bonchev–Trinajstić information content (AvgIpc) is 3.52. The van der Waals surface area contributed by atoms with Crippen molar-refractivity contribution in [2.24, 2.45) is 0 Å². The summed E-state index contributed by atoms with van der Waals surface area (Å²) in [4.78, 5) is 41.4. The van der Waals surface area contributed by atoms with E-state index in [0.717, 1.165) is 21.5 Å². The Kier molecular flexibility index (Phi) is 6.54. The van der Waals surface area contributed by atoms with E-state index >= 15 is 0 Å². The monoisotopic (exact) mass is 488 g/mol. The van der Waals surface area contributed by atoms with Crippen LogP contribution in [0.4, 0.5) is 5.69 Å². The lowest BCUT2D eigenvalue weighted by Gasteiger charge is -2.22. The molecule has 0 fully saturated rings. The highest BCUT2D eigenvalue weighted by molar-refractivity contribution is 8.10. The van der Waals surface area contributed by atoms with Crippen LogP contribution in [-0.4, -0.2) is 35.6 Å². The molecule has 3 aromatic rings. The minimum absolute atomic E-state index is 0.0710. The van der Waals surface area contributed by atoms with Crippen molar-refractivity contribution in [1.82, 2.24) is 4.57 Å². The average molecular weight is 489 g/mol. The van der Waals surface area contributed by atoms with Gasteiger partial charge in [-0.2, -0.15) is 0 Å². The van der Waals surface area contributed by atoms with Crippen LogP contribution in [0.3, 0.4) is 0 Å². The maximum Gasteiger partial charge on any atom is 0.357 e. The number of thiophene rings is 2. The van der Waals surface area contributed by atoms with Gasteiger partial charge in [0.15, 0.2) is 5.69 Å². The van der Waals surface area contributed by atoms with Gasteiger partial charge >= 0.3 is 11.9 Å². The molecule has 1 aliphatic heterocycles. The van der Waals surface area contributed by atoms with Crippen LogP contribution < -0.4 is 16.3 Å². The second kappa shape index (κ2) is 9.35. The maximum absolute atomic E-state index is 13.6. The SMILES string of the molecule is CCOC(=O)C1=c2/c(=C/c3cccs3)c(N)c(C(=O)OCC)n2C(=O)C(c2cccs2)S1. The topological polar surface area (TPSA) is 101 Å². The standard InChI is InChI=1S/C22H20N2O5S3/c1-3-28-21(26)17-15(23)13(11-12-7-5-9-30-12)16-19(22(27)29-4-2)32-18(20(25)24(16)17)14-8-6-10-31-14/h5-11,18H,3-4,23H2,1-2H3/b13-11+. The van der Waals surface area contributed by atoms with Crippen molar-refractivity contribution in [3.63, 3.8) is 0 Å². The lowest BCUT2D eigenvalue weighted by molar-refractivity contribution is -0.135. The van der Waals surface area contributed by atoms with E-state index in [9.17, 15) is 14.4 Å². The Hall–Kier alpha value is -2.82. The molecule has 0 saturated carbocycles. The van der Waals surface area contributed by atoms with Crippen molar-refractivity contribution in [3.8, 4) is 0 Å². The number of hydrogen-bond donors (Lipinski definition) is 1. The van der Waals surface area contributed by atoms with Crippen LogP contribution in [-0.2, 0) is 14.3 Å². The molecule has 0 spiro atoms. The highest BCUT2D eigenvalue weighted by Crippen LogP contribution is 2.41. The number of carbonyl (C=O) groups excluding carboxylic acids is 3. The largest absolute Gasteiger partial charge is 0.462 e. The minimum Gasteiger partial charge on any atom is -0.462 e. The van der Waals surface area contributed by atoms with Gasteiger partial charge in [-0.3, -0.25) is 9.36 Å². The number of esters is 2. The summed E-state index contributed by atoms with van der Waals surface area (Å²) in [6.45, 7) is 3.68. The van der Waals surface area contributed by atoms with Crippen LogP contribution in [0.25, 0.3) is 11.0 Å². The Morgan fingerprint density at radius 3 is 2.41 bits per heavy atom. The number of nitrogen functional groups attached to an aromatic ring is 1. The maximum atomic E-state index is 13.6. The summed E-state index contributed by atoms with van der Waals surface area (Å²) < 4.78 is 11.7. The second-order valence-corrected chi connectivity index (χ2v) is 9.72. The first-order valence-electron chi connectivity index (χ1n) is 9.86. The van der Waals surface area contributed by atoms with Gasteiger partial charge in [-0.15, -0.1) is 22.7 Å². The molecule has 7 nitrogen and oxygen atoms in total. The summed E-state index contributed by atoms with van der Waals surface area (Å²) >= 11 is 3.99. The highest BCUT2D eigenvalue weighted by Gasteiger charge is 2.38. The molecule has 0 bridgehead atoms. The van der Waals surface area contributed by atoms with Crippen LogP contribution in [0.15, 0.2) is 35.0 Å². The van der Waals surface area contributed by atoms with Gasteiger partial charge in [-0.25, -0.2) is 9.59 Å². The van der Waals surface area contributed by atoms with Crippen LogP contribution in [0.2, 0.25) is 0 Å². The van der Waals surface area contributed by atoms with Crippen molar-refractivity contribution in [2.45, 2.75) is 19.1 Å². The quantitative estimate of drug-likeness (QED) is 0.533. The molecule has 0 aromatic carbocycles. The summed E-state index contributed by atoms with van der Waals surface area (Å²) in [6.07, 6.45) is 1.77. The van der Waals surface area contributed by atoms with Crippen molar-refractivity contribution in [1.29, 1.82) is 0 Å². The number of thioether (sulfide) groups is 1. The third kappa shape index (κ3) is 3.89. The zero-order valence-electron chi connectivity index (χ0n) is 17.3. The Balaban J connectivity index is 2.10. The number of nitrogens with zero attached hydrogens (tertiary/aromatic N) is 1. The third-order valence-corrected chi connectivity index (χ3v) is 7.90. The van der Waals surface area contributed by atoms with Crippen LogP contribution >= 0.6 is 34.4 Å². The van der Waals surface area contributed by atoms with Gasteiger partial charge in [0.25, 0.3) is 5.91 Å². The van der Waals surface area contributed by atoms with E-state index in [1.54, 1.807) is 19.9 Å². The molecular weight excluding hydrogens is 468 g/mol. The van der Waals surface area contributed by atoms with Gasteiger partial charge in [-0.05, 0) is 42.8 Å². The predicted octanol–water partition coefficient (Wildman–Crippen LogP) is 3.00. The molecule has 0 amide bonds. The number of fused-ring (bicyclic) bond motifs is 1. The molecule has 2 N–H and O–H groups in total. The molecule has 4 rings (SSSR count). The Morgan fingerprint density at radius 1 is 1.09 bits per heavy atom. The summed E-state index contributed by atoms with van der Waals surface area (Å²) in [7, 11) is 0. The fourth-order valence-electron chi connectivity index (χ4n) is 3.42. The highest BCUT2D eigenvalue weighted by atomic mass is 32.2. The molecule has 4 heterocycles. The summed E-state index contributed by atoms with van der Waals surface area (Å²) in [6, 6.07) is 7.42. The fraction of sp³-hybridized carbons (Fsp3) is 0.227. The molecule has 32 heavy (non-hydrogen) atoms. The van der Waals surface area contributed by atoms with E-state index in [2.05, 4.69) is 0 Å². The number of aromatic nitrogens is 1. The summed E-state index contributed by atoms with van der Waals surface area (Å²) in [5.41, 5.74) is 6.44. The lowest BCUT2D eigenvalue weighted by atomic mass is 10.2. The lowest BCUT2D eigenvalue weighted by Crippen LogP contribution is -2.42. The number of anilines is 1. The van der Waals surface area contributed by atoms with Crippen LogP contribution in [0.1, 0.15) is 44.1 Å². The van der Waals surface area contributed by atoms with E-state index in [-0.39, 0.29) is 40.8 Å². The normalized spacial score (nSPS) is 16.2. The third-order valence-electron chi connectivity index (χ3n) is 4.70.